The zero-order chi connectivity index (χ0) is 20.2. The van der Waals surface area contributed by atoms with Gasteiger partial charge in [-0.3, -0.25) is 4.90 Å². The Bertz CT molecular complexity index is 862. The van der Waals surface area contributed by atoms with E-state index in [-0.39, 0.29) is 5.97 Å². The molecule has 2 aliphatic rings. The lowest BCUT2D eigenvalue weighted by Gasteiger charge is -2.28. The molecule has 1 N–H and O–H groups in total. The van der Waals surface area contributed by atoms with Crippen LogP contribution in [0.15, 0.2) is 0 Å². The van der Waals surface area contributed by atoms with Gasteiger partial charge >= 0.3 is 5.97 Å². The Kier molecular flexibility index (Phi) is 6.56. The molecular weight excluding hydrogens is 394 g/mol. The second kappa shape index (κ2) is 9.31. The number of hydrogen-bond acceptors (Lipinski definition) is 10. The molecule has 158 valence electrons. The fraction of sp³-hybridized carbons (Fsp3) is 0.632. The van der Waals surface area contributed by atoms with Gasteiger partial charge in [0.1, 0.15) is 15.5 Å². The molecule has 9 nitrogen and oxygen atoms in total. The molecule has 0 bridgehead atoms. The van der Waals surface area contributed by atoms with E-state index in [2.05, 4.69) is 15.3 Å². The second-order valence-electron chi connectivity index (χ2n) is 7.04. The van der Waals surface area contributed by atoms with Crippen LogP contribution in [-0.2, 0) is 20.8 Å². The van der Waals surface area contributed by atoms with Gasteiger partial charge in [0.25, 0.3) is 0 Å². The van der Waals surface area contributed by atoms with Gasteiger partial charge in [-0.25, -0.2) is 19.8 Å². The average Bonchev–Trinajstić information content (AvgIpc) is 3.06. The van der Waals surface area contributed by atoms with Gasteiger partial charge < -0.3 is 19.6 Å². The van der Waals surface area contributed by atoms with Gasteiger partial charge in [-0.2, -0.15) is 0 Å². The summed E-state index contributed by atoms with van der Waals surface area (Å²) < 4.78 is 16.1. The summed E-state index contributed by atoms with van der Waals surface area (Å²) in [5, 5.41) is 2.99. The van der Waals surface area contributed by atoms with Crippen molar-refractivity contribution < 1.29 is 19.0 Å². The van der Waals surface area contributed by atoms with E-state index in [1.807, 2.05) is 13.8 Å². The first kappa shape index (κ1) is 20.4. The lowest BCUT2D eigenvalue weighted by atomic mass is 10.2. The molecule has 0 aliphatic carbocycles. The lowest BCUT2D eigenvalue weighted by molar-refractivity contribution is 0.0331. The SMILES string of the molecule is CCOC(=O)c1sc2nc(CN3CCOCC3)nc(NN3CCOCC3)c2c1C. The Hall–Kier alpha value is -1.85. The van der Waals surface area contributed by atoms with E-state index in [1.54, 1.807) is 0 Å². The summed E-state index contributed by atoms with van der Waals surface area (Å²) in [6, 6.07) is 0. The molecule has 0 unspecified atom stereocenters. The molecule has 4 rings (SSSR count). The van der Waals surface area contributed by atoms with Crippen molar-refractivity contribution in [1.29, 1.82) is 0 Å². The molecule has 4 heterocycles. The fourth-order valence-electron chi connectivity index (χ4n) is 3.51. The number of morpholine rings is 2. The zero-order valence-corrected chi connectivity index (χ0v) is 17.7. The summed E-state index contributed by atoms with van der Waals surface area (Å²) in [5.41, 5.74) is 4.30. The lowest BCUT2D eigenvalue weighted by Crippen LogP contribution is -2.40. The van der Waals surface area contributed by atoms with E-state index in [1.165, 1.54) is 11.3 Å². The van der Waals surface area contributed by atoms with Crippen LogP contribution in [-0.4, -0.2) is 85.1 Å². The summed E-state index contributed by atoms with van der Waals surface area (Å²) in [5.74, 6) is 1.18. The number of nitrogens with zero attached hydrogens (tertiary/aromatic N) is 4. The highest BCUT2D eigenvalue weighted by Crippen LogP contribution is 2.35. The number of ether oxygens (including phenoxy) is 3. The first-order valence-corrected chi connectivity index (χ1v) is 10.8. The number of hydrogen-bond donors (Lipinski definition) is 1. The number of esters is 1. The first-order valence-electron chi connectivity index (χ1n) is 10.0. The van der Waals surface area contributed by atoms with Gasteiger partial charge in [-0.15, -0.1) is 11.3 Å². The van der Waals surface area contributed by atoms with Crippen LogP contribution in [0.5, 0.6) is 0 Å². The Morgan fingerprint density at radius 1 is 1.14 bits per heavy atom. The monoisotopic (exact) mass is 421 g/mol. The third-order valence-electron chi connectivity index (χ3n) is 5.04. The number of carbonyl (C=O) groups excluding carboxylic acids is 1. The number of aromatic nitrogens is 2. The van der Waals surface area contributed by atoms with Crippen molar-refractivity contribution in [3.05, 3.63) is 16.3 Å². The number of aryl methyl sites for hydroxylation is 1. The minimum atomic E-state index is -0.306. The molecule has 2 aromatic heterocycles. The summed E-state index contributed by atoms with van der Waals surface area (Å²) in [6.45, 7) is 10.8. The predicted octanol–water partition coefficient (Wildman–Crippen LogP) is 1.67. The predicted molar refractivity (Wildman–Crippen MR) is 110 cm³/mol. The summed E-state index contributed by atoms with van der Waals surface area (Å²) in [7, 11) is 0. The molecule has 10 heteroatoms. The van der Waals surface area contributed by atoms with E-state index in [0.717, 1.165) is 66.8 Å². The summed E-state index contributed by atoms with van der Waals surface area (Å²) in [4.78, 5) is 25.7. The molecular formula is C19H27N5O4S. The van der Waals surface area contributed by atoms with E-state index >= 15 is 0 Å². The largest absolute Gasteiger partial charge is 0.462 e. The van der Waals surface area contributed by atoms with Gasteiger partial charge in [0.15, 0.2) is 5.82 Å². The maximum Gasteiger partial charge on any atom is 0.348 e. The van der Waals surface area contributed by atoms with Crippen molar-refractivity contribution >= 4 is 33.3 Å². The summed E-state index contributed by atoms with van der Waals surface area (Å²) in [6.07, 6.45) is 0. The Morgan fingerprint density at radius 2 is 1.83 bits per heavy atom. The molecule has 0 atom stereocenters. The second-order valence-corrected chi connectivity index (χ2v) is 8.04. The van der Waals surface area contributed by atoms with Crippen molar-refractivity contribution in [2.45, 2.75) is 20.4 Å². The van der Waals surface area contributed by atoms with Crippen molar-refractivity contribution in [2.75, 3.05) is 64.6 Å². The standard InChI is InChI=1S/C19H27N5O4S/c1-3-28-19(25)16-13(2)15-17(22-24-6-10-27-11-7-24)20-14(21-18(15)29-16)12-23-4-8-26-9-5-23/h3-12H2,1-2H3,(H,20,21,22). The van der Waals surface area contributed by atoms with Gasteiger partial charge in [0, 0.05) is 26.2 Å². The topological polar surface area (TPSA) is 89.0 Å². The van der Waals surface area contributed by atoms with Crippen LogP contribution in [0.2, 0.25) is 0 Å². The Balaban J connectivity index is 1.69. The average molecular weight is 422 g/mol. The number of fused-ring (bicyclic) bond motifs is 1. The Labute approximate surface area is 173 Å². The number of carbonyl (C=O) groups is 1. The molecule has 0 aromatic carbocycles. The van der Waals surface area contributed by atoms with Crippen LogP contribution in [0.1, 0.15) is 28.0 Å². The number of thiophene rings is 1. The van der Waals surface area contributed by atoms with Crippen LogP contribution in [0, 0.1) is 6.92 Å². The number of hydrazine groups is 1. The van der Waals surface area contributed by atoms with Crippen LogP contribution in [0.3, 0.4) is 0 Å². The van der Waals surface area contributed by atoms with Crippen molar-refractivity contribution in [2.24, 2.45) is 0 Å². The summed E-state index contributed by atoms with van der Waals surface area (Å²) >= 11 is 1.37. The third-order valence-corrected chi connectivity index (χ3v) is 6.21. The first-order chi connectivity index (χ1) is 14.2. The van der Waals surface area contributed by atoms with Crippen molar-refractivity contribution in [3.8, 4) is 0 Å². The highest BCUT2D eigenvalue weighted by atomic mass is 32.1. The zero-order valence-electron chi connectivity index (χ0n) is 16.9. The van der Waals surface area contributed by atoms with Crippen LogP contribution >= 0.6 is 11.3 Å². The van der Waals surface area contributed by atoms with E-state index in [9.17, 15) is 4.79 Å². The maximum absolute atomic E-state index is 12.4. The normalized spacial score (nSPS) is 18.8. The quantitative estimate of drug-likeness (QED) is 0.700. The smallest absolute Gasteiger partial charge is 0.348 e. The maximum atomic E-state index is 12.4. The molecule has 0 radical (unpaired) electrons. The Morgan fingerprint density at radius 3 is 2.52 bits per heavy atom. The minimum absolute atomic E-state index is 0.306. The molecule has 0 spiro atoms. The van der Waals surface area contributed by atoms with E-state index in [4.69, 9.17) is 24.2 Å². The molecule has 0 amide bonds. The van der Waals surface area contributed by atoms with Crippen molar-refractivity contribution in [3.63, 3.8) is 0 Å². The van der Waals surface area contributed by atoms with Gasteiger partial charge in [-0.05, 0) is 19.4 Å². The van der Waals surface area contributed by atoms with Gasteiger partial charge in [0.2, 0.25) is 0 Å². The number of rotatable bonds is 6. The van der Waals surface area contributed by atoms with Crippen molar-refractivity contribution in [1.82, 2.24) is 19.9 Å². The number of anilines is 1. The van der Waals surface area contributed by atoms with Crippen LogP contribution < -0.4 is 5.43 Å². The minimum Gasteiger partial charge on any atom is -0.462 e. The van der Waals surface area contributed by atoms with Crippen LogP contribution in [0.4, 0.5) is 5.82 Å². The van der Waals surface area contributed by atoms with Gasteiger partial charge in [-0.1, -0.05) is 0 Å². The molecule has 2 aliphatic heterocycles. The highest BCUT2D eigenvalue weighted by Gasteiger charge is 2.23. The van der Waals surface area contributed by atoms with Gasteiger partial charge in [0.05, 0.1) is 45.0 Å². The van der Waals surface area contributed by atoms with Crippen LogP contribution in [0.25, 0.3) is 10.2 Å². The molecule has 2 saturated heterocycles. The van der Waals surface area contributed by atoms with E-state index < -0.39 is 0 Å². The highest BCUT2D eigenvalue weighted by molar-refractivity contribution is 7.20. The molecule has 2 aromatic rings. The molecule has 29 heavy (non-hydrogen) atoms. The molecule has 2 fully saturated rings. The molecule has 0 saturated carbocycles. The van der Waals surface area contributed by atoms with E-state index in [0.29, 0.717) is 31.2 Å². The third kappa shape index (κ3) is 4.67. The number of nitrogens with one attached hydrogen (secondary N) is 1. The fourth-order valence-corrected chi connectivity index (χ4v) is 4.60.